The molecule has 0 aliphatic rings. The molecule has 2 rings (SSSR count). The molecular weight excluding hydrogens is 292 g/mol. The Balaban J connectivity index is 2.22. The highest BCUT2D eigenvalue weighted by molar-refractivity contribution is 7.92. The molecule has 1 heterocycles. The zero-order valence-electron chi connectivity index (χ0n) is 12.1. The third-order valence-corrected chi connectivity index (χ3v) is 5.63. The van der Waals surface area contributed by atoms with Crippen molar-refractivity contribution in [3.8, 4) is 0 Å². The molecule has 0 spiro atoms. The number of anilines is 1. The van der Waals surface area contributed by atoms with Crippen molar-refractivity contribution in [3.63, 3.8) is 0 Å². The van der Waals surface area contributed by atoms with E-state index >= 15 is 0 Å². The van der Waals surface area contributed by atoms with Gasteiger partial charge in [0.05, 0.1) is 10.3 Å². The minimum absolute atomic E-state index is 0.00133. The van der Waals surface area contributed by atoms with Crippen LogP contribution in [0.3, 0.4) is 0 Å². The number of sulfone groups is 1. The maximum Gasteiger partial charge on any atom is 0.272 e. The van der Waals surface area contributed by atoms with Crippen molar-refractivity contribution in [2.75, 3.05) is 18.5 Å². The maximum atomic E-state index is 12.2. The number of hydrogen-bond acceptors (Lipinski definition) is 5. The maximum absolute atomic E-state index is 12.2. The van der Waals surface area contributed by atoms with Crippen LogP contribution in [0.4, 0.5) is 5.69 Å². The largest absolute Gasteiger partial charge is 0.399 e. The summed E-state index contributed by atoms with van der Waals surface area (Å²) >= 11 is 0. The smallest absolute Gasteiger partial charge is 0.272 e. The molecule has 21 heavy (non-hydrogen) atoms. The molecule has 0 radical (unpaired) electrons. The van der Waals surface area contributed by atoms with E-state index in [1.165, 1.54) is 0 Å². The number of nitrogens with two attached hydrogens (primary N) is 1. The van der Waals surface area contributed by atoms with E-state index in [0.717, 1.165) is 6.26 Å². The van der Waals surface area contributed by atoms with Gasteiger partial charge in [0.15, 0.2) is 15.5 Å². The lowest BCUT2D eigenvalue weighted by molar-refractivity contribution is 0.0947. The second-order valence-corrected chi connectivity index (χ2v) is 8.24. The monoisotopic (exact) mass is 310 g/mol. The van der Waals surface area contributed by atoms with E-state index in [9.17, 15) is 13.2 Å². The molecule has 1 aromatic heterocycles. The number of hydrogen-bond donors (Lipinski definition) is 3. The van der Waals surface area contributed by atoms with Crippen molar-refractivity contribution in [3.05, 3.63) is 23.9 Å². The molecule has 0 saturated heterocycles. The first-order valence-electron chi connectivity index (χ1n) is 6.33. The van der Waals surface area contributed by atoms with Crippen LogP contribution in [0.15, 0.2) is 18.2 Å². The molecule has 114 valence electrons. The summed E-state index contributed by atoms with van der Waals surface area (Å²) in [6, 6.07) is 5.08. The van der Waals surface area contributed by atoms with Gasteiger partial charge in [-0.25, -0.2) is 8.42 Å². The van der Waals surface area contributed by atoms with Crippen molar-refractivity contribution >= 4 is 32.3 Å². The van der Waals surface area contributed by atoms with Gasteiger partial charge in [-0.2, -0.15) is 5.10 Å². The number of H-pyrrole nitrogens is 1. The summed E-state index contributed by atoms with van der Waals surface area (Å²) in [4.78, 5) is 12.2. The Morgan fingerprint density at radius 1 is 1.43 bits per heavy atom. The van der Waals surface area contributed by atoms with Crippen molar-refractivity contribution in [2.45, 2.75) is 18.6 Å². The van der Waals surface area contributed by atoms with Gasteiger partial charge in [0.1, 0.15) is 0 Å². The van der Waals surface area contributed by atoms with E-state index in [0.29, 0.717) is 16.6 Å². The van der Waals surface area contributed by atoms with Crippen molar-refractivity contribution in [1.82, 2.24) is 15.5 Å². The molecule has 0 unspecified atom stereocenters. The molecule has 4 N–H and O–H groups in total. The van der Waals surface area contributed by atoms with Crippen LogP contribution in [0.1, 0.15) is 24.3 Å². The molecule has 0 saturated carbocycles. The zero-order valence-corrected chi connectivity index (χ0v) is 12.9. The van der Waals surface area contributed by atoms with Crippen molar-refractivity contribution in [1.29, 1.82) is 0 Å². The van der Waals surface area contributed by atoms with E-state index < -0.39 is 20.5 Å². The number of carbonyl (C=O) groups excluding carboxylic acids is 1. The second kappa shape index (κ2) is 5.03. The first-order valence-corrected chi connectivity index (χ1v) is 8.22. The number of aromatic nitrogens is 2. The van der Waals surface area contributed by atoms with E-state index in [4.69, 9.17) is 5.73 Å². The van der Waals surface area contributed by atoms with Gasteiger partial charge in [0.2, 0.25) is 0 Å². The molecule has 1 aromatic carbocycles. The third kappa shape index (κ3) is 2.99. The van der Waals surface area contributed by atoms with Crippen LogP contribution in [0.25, 0.3) is 10.9 Å². The number of amides is 1. The van der Waals surface area contributed by atoms with E-state index in [1.54, 1.807) is 32.0 Å². The molecule has 7 nitrogen and oxygen atoms in total. The summed E-state index contributed by atoms with van der Waals surface area (Å²) in [5.41, 5.74) is 7.11. The summed E-state index contributed by atoms with van der Waals surface area (Å²) < 4.78 is 22.2. The van der Waals surface area contributed by atoms with Crippen LogP contribution in [-0.4, -0.2) is 42.1 Å². The number of nitrogens with zero attached hydrogens (tertiary/aromatic N) is 1. The Bertz CT molecular complexity index is 793. The molecule has 0 atom stereocenters. The van der Waals surface area contributed by atoms with Gasteiger partial charge >= 0.3 is 0 Å². The van der Waals surface area contributed by atoms with Gasteiger partial charge in [-0.05, 0) is 32.0 Å². The van der Waals surface area contributed by atoms with Crippen molar-refractivity contribution in [2.24, 2.45) is 0 Å². The summed E-state index contributed by atoms with van der Waals surface area (Å²) in [6.07, 6.45) is 1.14. The normalized spacial score (nSPS) is 12.5. The van der Waals surface area contributed by atoms with E-state index in [1.807, 2.05) is 0 Å². The Labute approximate surface area is 122 Å². The lowest BCUT2D eigenvalue weighted by Gasteiger charge is -2.22. The standard InChI is InChI=1S/C13H18N4O3S/c1-13(2,21(3,19)20)7-15-12(18)11-9-6-8(14)4-5-10(9)16-17-11/h4-6H,7,14H2,1-3H3,(H,15,18)(H,16,17). The number of rotatable bonds is 4. The number of aromatic amines is 1. The van der Waals surface area contributed by atoms with E-state index in [2.05, 4.69) is 15.5 Å². The zero-order chi connectivity index (χ0) is 15.8. The van der Waals surface area contributed by atoms with Crippen LogP contribution in [0.5, 0.6) is 0 Å². The third-order valence-electron chi connectivity index (χ3n) is 3.48. The van der Waals surface area contributed by atoms with Gasteiger partial charge in [-0.15, -0.1) is 0 Å². The van der Waals surface area contributed by atoms with Crippen molar-refractivity contribution < 1.29 is 13.2 Å². The first-order chi connectivity index (χ1) is 9.62. The fourth-order valence-electron chi connectivity index (χ4n) is 1.71. The molecule has 0 bridgehead atoms. The Morgan fingerprint density at radius 3 is 2.71 bits per heavy atom. The number of nitrogens with one attached hydrogen (secondary N) is 2. The highest BCUT2D eigenvalue weighted by atomic mass is 32.2. The van der Waals surface area contributed by atoms with E-state index in [-0.39, 0.29) is 12.2 Å². The van der Waals surface area contributed by atoms with Crippen LogP contribution in [0.2, 0.25) is 0 Å². The first kappa shape index (κ1) is 15.3. The summed E-state index contributed by atoms with van der Waals surface area (Å²) in [7, 11) is -3.28. The minimum Gasteiger partial charge on any atom is -0.399 e. The fraction of sp³-hybridized carbons (Fsp3) is 0.385. The van der Waals surface area contributed by atoms with Gasteiger partial charge < -0.3 is 11.1 Å². The average molecular weight is 310 g/mol. The molecule has 2 aromatic rings. The summed E-state index contributed by atoms with van der Waals surface area (Å²) in [5.74, 6) is -0.441. The predicted molar refractivity (Wildman–Crippen MR) is 81.8 cm³/mol. The molecule has 8 heteroatoms. The predicted octanol–water partition coefficient (Wildman–Crippen LogP) is 0.698. The molecule has 1 amide bonds. The minimum atomic E-state index is -3.28. The van der Waals surface area contributed by atoms with Crippen LogP contribution in [0, 0.1) is 0 Å². The fourth-order valence-corrected chi connectivity index (χ4v) is 2.05. The molecule has 0 aliphatic carbocycles. The molecular formula is C13H18N4O3S. The Hall–Kier alpha value is -2.09. The highest BCUT2D eigenvalue weighted by Crippen LogP contribution is 2.19. The van der Waals surface area contributed by atoms with Gasteiger partial charge in [-0.1, -0.05) is 0 Å². The Kier molecular flexibility index (Phi) is 3.66. The van der Waals surface area contributed by atoms with Crippen LogP contribution >= 0.6 is 0 Å². The Morgan fingerprint density at radius 2 is 2.10 bits per heavy atom. The number of fused-ring (bicyclic) bond motifs is 1. The lowest BCUT2D eigenvalue weighted by atomic mass is 10.1. The second-order valence-electron chi connectivity index (χ2n) is 5.59. The summed E-state index contributed by atoms with van der Waals surface area (Å²) in [6.45, 7) is 3.12. The van der Waals surface area contributed by atoms with Crippen LogP contribution in [-0.2, 0) is 9.84 Å². The highest BCUT2D eigenvalue weighted by Gasteiger charge is 2.31. The number of benzene rings is 1. The molecule has 0 aliphatic heterocycles. The van der Waals surface area contributed by atoms with Gasteiger partial charge in [0, 0.05) is 23.9 Å². The topological polar surface area (TPSA) is 118 Å². The van der Waals surface area contributed by atoms with Gasteiger partial charge in [0.25, 0.3) is 5.91 Å². The quantitative estimate of drug-likeness (QED) is 0.718. The number of nitrogen functional groups attached to an aromatic ring is 1. The molecule has 0 fully saturated rings. The number of carbonyl (C=O) groups is 1. The van der Waals surface area contributed by atoms with Gasteiger partial charge in [-0.3, -0.25) is 9.89 Å². The SMILES string of the molecule is CC(C)(CNC(=O)c1n[nH]c2ccc(N)cc12)S(C)(=O)=O. The average Bonchev–Trinajstić information content (AvgIpc) is 2.77. The van der Waals surface area contributed by atoms with Crippen LogP contribution < -0.4 is 11.1 Å². The lowest BCUT2D eigenvalue weighted by Crippen LogP contribution is -2.43. The summed E-state index contributed by atoms with van der Waals surface area (Å²) in [5, 5.41) is 9.90.